The topological polar surface area (TPSA) is 95.6 Å². The van der Waals surface area contributed by atoms with Crippen molar-refractivity contribution in [1.82, 2.24) is 0 Å². The molecule has 1 aliphatic rings. The Morgan fingerprint density at radius 3 is 0.943 bits per heavy atom. The van der Waals surface area contributed by atoms with E-state index in [4.69, 9.17) is 28.4 Å². The van der Waals surface area contributed by atoms with Gasteiger partial charge in [0.2, 0.25) is 0 Å². The first-order valence-corrected chi connectivity index (χ1v) is 10.9. The Labute approximate surface area is 265 Å². The summed E-state index contributed by atoms with van der Waals surface area (Å²) >= 11 is 0. The number of ether oxygens (including phenoxy) is 10. The SMILES string of the molecule is C[CH-]COCCOCOC.C[CH-]COCCOCOC.C[CH-]COCCOCOC.[CH-]1CO1.[Y].[Y]. The molecule has 0 amide bonds. The molecule has 0 aromatic carbocycles. The van der Waals surface area contributed by atoms with E-state index in [0.29, 0.717) is 79.8 Å². The third-order valence-electron chi connectivity index (χ3n) is 2.74. The summed E-state index contributed by atoms with van der Waals surface area (Å²) in [5.74, 6) is 0. The van der Waals surface area contributed by atoms with E-state index < -0.39 is 0 Å². The van der Waals surface area contributed by atoms with Crippen LogP contribution in [0, 0.1) is 25.9 Å². The Kier molecular flexibility index (Phi) is 69.7. The maximum Gasteiger partial charge on any atom is 0.146 e. The zero-order valence-electron chi connectivity index (χ0n) is 22.7. The van der Waals surface area contributed by atoms with Gasteiger partial charge in [-0.3, -0.25) is 0 Å². The van der Waals surface area contributed by atoms with Gasteiger partial charge in [0.25, 0.3) is 0 Å². The van der Waals surface area contributed by atoms with Crippen molar-refractivity contribution in [2.24, 2.45) is 0 Å². The molecule has 0 aromatic heterocycles. The van der Waals surface area contributed by atoms with E-state index in [-0.39, 0.29) is 65.4 Å². The summed E-state index contributed by atoms with van der Waals surface area (Å²) < 4.78 is 48.5. The molecule has 12 heteroatoms. The Morgan fingerprint density at radius 2 is 0.771 bits per heavy atom. The number of hydrogen-bond acceptors (Lipinski definition) is 10. The number of hydrogen-bond donors (Lipinski definition) is 0. The average Bonchev–Trinajstić information content (AvgIpc) is 3.72. The first kappa shape index (κ1) is 46.6. The van der Waals surface area contributed by atoms with Crippen LogP contribution in [-0.2, 0) is 113 Å². The normalized spacial score (nSPS) is 10.8. The summed E-state index contributed by atoms with van der Waals surface area (Å²) in [7, 11) is 4.79. The van der Waals surface area contributed by atoms with Crippen molar-refractivity contribution in [3.05, 3.63) is 25.9 Å². The molecule has 0 bridgehead atoms. The molecule has 1 heterocycles. The Bertz CT molecular complexity index is 230. The van der Waals surface area contributed by atoms with Gasteiger partial charge in [-0.2, -0.15) is 27.4 Å². The summed E-state index contributed by atoms with van der Waals surface area (Å²) in [6.45, 7) is 15.3. The van der Waals surface area contributed by atoms with Crippen LogP contribution in [0.4, 0.5) is 0 Å². The van der Waals surface area contributed by atoms with Crippen molar-refractivity contribution in [2.75, 3.05) is 108 Å². The molecule has 1 aliphatic heterocycles. The maximum atomic E-state index is 5.09. The molecule has 10 nitrogen and oxygen atoms in total. The summed E-state index contributed by atoms with van der Waals surface area (Å²) in [6, 6.07) is 0. The van der Waals surface area contributed by atoms with Crippen LogP contribution in [0.25, 0.3) is 0 Å². The fourth-order valence-corrected chi connectivity index (χ4v) is 1.38. The third-order valence-corrected chi connectivity index (χ3v) is 2.74. The molecule has 0 saturated carbocycles. The van der Waals surface area contributed by atoms with Gasteiger partial charge in [-0.25, -0.2) is 0 Å². The van der Waals surface area contributed by atoms with Crippen molar-refractivity contribution >= 4 is 0 Å². The minimum Gasteiger partial charge on any atom is -0.574 e. The first-order valence-electron chi connectivity index (χ1n) is 10.9. The maximum absolute atomic E-state index is 5.09. The van der Waals surface area contributed by atoms with Crippen LogP contribution in [-0.4, -0.2) is 108 Å². The van der Waals surface area contributed by atoms with Crippen molar-refractivity contribution in [3.8, 4) is 0 Å². The second-order valence-corrected chi connectivity index (χ2v) is 5.89. The van der Waals surface area contributed by atoms with Gasteiger partial charge in [-0.1, -0.05) is 26.4 Å². The second-order valence-electron chi connectivity index (χ2n) is 5.89. The van der Waals surface area contributed by atoms with Gasteiger partial charge in [-0.15, -0.1) is 0 Å². The zero-order chi connectivity index (χ0) is 25.1. The van der Waals surface area contributed by atoms with Crippen molar-refractivity contribution in [3.63, 3.8) is 0 Å². The van der Waals surface area contributed by atoms with Crippen LogP contribution in [0.2, 0.25) is 0 Å². The van der Waals surface area contributed by atoms with E-state index in [2.05, 4.69) is 18.9 Å². The molecule has 0 N–H and O–H groups in total. The van der Waals surface area contributed by atoms with E-state index in [1.807, 2.05) is 40.0 Å². The molecule has 0 atom stereocenters. The summed E-state index contributed by atoms with van der Waals surface area (Å²) in [4.78, 5) is 0. The Morgan fingerprint density at radius 1 is 0.543 bits per heavy atom. The fraction of sp³-hybridized carbons (Fsp3) is 0.826. The molecule has 35 heavy (non-hydrogen) atoms. The van der Waals surface area contributed by atoms with E-state index in [9.17, 15) is 0 Å². The van der Waals surface area contributed by atoms with Crippen molar-refractivity contribution in [1.29, 1.82) is 0 Å². The quantitative estimate of drug-likeness (QED) is 0.0791. The molecule has 1 fully saturated rings. The molecule has 1 rings (SSSR count). The molecule has 0 spiro atoms. The second kappa shape index (κ2) is 52.3. The number of rotatable bonds is 21. The summed E-state index contributed by atoms with van der Waals surface area (Å²) in [6.07, 6.45) is 5.86. The van der Waals surface area contributed by atoms with Crippen molar-refractivity contribution < 1.29 is 113 Å². The third kappa shape index (κ3) is 72.2. The van der Waals surface area contributed by atoms with Gasteiger partial charge in [0.15, 0.2) is 0 Å². The molecular formula is C23H48O10Y2-4. The predicted octanol–water partition coefficient (Wildman–Crippen LogP) is 2.72. The van der Waals surface area contributed by atoms with Crippen LogP contribution in [0.3, 0.4) is 0 Å². The van der Waals surface area contributed by atoms with E-state index in [1.165, 1.54) is 0 Å². The Balaban J connectivity index is -0.000000117. The zero-order valence-corrected chi connectivity index (χ0v) is 28.4. The van der Waals surface area contributed by atoms with Gasteiger partial charge in [-0.05, 0) is 0 Å². The Hall–Kier alpha value is 1.81. The smallest absolute Gasteiger partial charge is 0.146 e. The van der Waals surface area contributed by atoms with Crippen LogP contribution in [0.1, 0.15) is 20.8 Å². The van der Waals surface area contributed by atoms with E-state index >= 15 is 0 Å². The first-order chi connectivity index (χ1) is 16.2. The summed E-state index contributed by atoms with van der Waals surface area (Å²) in [5.41, 5.74) is 0. The molecular weight excluding hydrogens is 614 g/mol. The van der Waals surface area contributed by atoms with Crippen molar-refractivity contribution in [2.45, 2.75) is 20.8 Å². The molecule has 1 saturated heterocycles. The standard InChI is InChI=1S/3C7H15O3.C2H3O.2Y/c3*1-3-4-9-5-6-10-7-8-2;1-2-3-1;;/h3*3H,4-7H2,1-2H3;1H,2H2;;/q4*-1;;. The molecule has 0 aromatic rings. The fourth-order valence-electron chi connectivity index (χ4n) is 1.38. The monoisotopic (exact) mass is 662 g/mol. The van der Waals surface area contributed by atoms with Crippen LogP contribution in [0.5, 0.6) is 0 Å². The molecule has 0 aliphatic carbocycles. The van der Waals surface area contributed by atoms with E-state index in [0.717, 1.165) is 6.61 Å². The van der Waals surface area contributed by atoms with Gasteiger partial charge < -0.3 is 66.6 Å². The number of epoxide rings is 1. The minimum absolute atomic E-state index is 0. The van der Waals surface area contributed by atoms with E-state index in [1.54, 1.807) is 27.9 Å². The van der Waals surface area contributed by atoms with Crippen LogP contribution >= 0.6 is 0 Å². The number of methoxy groups -OCH3 is 3. The van der Waals surface area contributed by atoms with Gasteiger partial charge in [0.1, 0.15) is 20.4 Å². The van der Waals surface area contributed by atoms with Crippen LogP contribution < -0.4 is 0 Å². The molecule has 2 radical (unpaired) electrons. The predicted molar refractivity (Wildman–Crippen MR) is 126 cm³/mol. The minimum atomic E-state index is 0. The van der Waals surface area contributed by atoms with Gasteiger partial charge >= 0.3 is 0 Å². The van der Waals surface area contributed by atoms with Gasteiger partial charge in [0.05, 0.1) is 39.6 Å². The average molecular weight is 662 g/mol. The van der Waals surface area contributed by atoms with Crippen LogP contribution in [0.15, 0.2) is 0 Å². The molecule has 210 valence electrons. The van der Waals surface area contributed by atoms with Gasteiger partial charge in [0, 0.05) is 86.7 Å². The molecule has 0 unspecified atom stereocenters. The summed E-state index contributed by atoms with van der Waals surface area (Å²) in [5, 5.41) is 0. The largest absolute Gasteiger partial charge is 0.574 e.